The van der Waals surface area contributed by atoms with E-state index in [1.54, 1.807) is 10.9 Å². The van der Waals surface area contributed by atoms with Crippen LogP contribution >= 0.6 is 11.6 Å². The molecule has 1 heterocycles. The van der Waals surface area contributed by atoms with Gasteiger partial charge < -0.3 is 5.32 Å². The van der Waals surface area contributed by atoms with Crippen LogP contribution in [0.2, 0.25) is 5.02 Å². The van der Waals surface area contributed by atoms with Crippen molar-refractivity contribution in [3.8, 4) is 0 Å². The molecule has 116 valence electrons. The maximum Gasteiger partial charge on any atom is 0.291 e. The van der Waals surface area contributed by atoms with Crippen molar-refractivity contribution in [2.45, 2.75) is 57.9 Å². The van der Waals surface area contributed by atoms with Gasteiger partial charge in [0.1, 0.15) is 5.69 Å². The number of aromatic nitrogens is 2. The van der Waals surface area contributed by atoms with Gasteiger partial charge in [0.15, 0.2) is 0 Å². The van der Waals surface area contributed by atoms with Crippen LogP contribution in [0, 0.1) is 11.8 Å². The maximum atomic E-state index is 12.5. The van der Waals surface area contributed by atoms with Crippen molar-refractivity contribution in [3.05, 3.63) is 21.6 Å². The molecule has 3 rings (SSSR count). The van der Waals surface area contributed by atoms with Gasteiger partial charge >= 0.3 is 0 Å². The summed E-state index contributed by atoms with van der Waals surface area (Å²) in [6.07, 6.45) is 11.8. The van der Waals surface area contributed by atoms with Crippen molar-refractivity contribution in [1.29, 1.82) is 0 Å². The quantitative estimate of drug-likeness (QED) is 0.902. The number of nitrogens with one attached hydrogen (secondary N) is 1. The lowest BCUT2D eigenvalue weighted by Crippen LogP contribution is -2.31. The Labute approximate surface area is 130 Å². The van der Waals surface area contributed by atoms with Crippen LogP contribution in [0.5, 0.6) is 0 Å². The van der Waals surface area contributed by atoms with Crippen molar-refractivity contribution in [1.82, 2.24) is 9.78 Å². The SMILES string of the molecule is O=c1c(NCC2CCCCC2)c(Cl)cnn1CC1CCC1. The molecule has 5 heteroatoms. The molecule has 2 fully saturated rings. The number of halogens is 1. The van der Waals surface area contributed by atoms with Crippen molar-refractivity contribution in [2.24, 2.45) is 11.8 Å². The molecule has 4 nitrogen and oxygen atoms in total. The zero-order valence-electron chi connectivity index (χ0n) is 12.5. The first-order valence-electron chi connectivity index (χ1n) is 8.23. The van der Waals surface area contributed by atoms with Crippen LogP contribution in [0.4, 0.5) is 5.69 Å². The molecule has 0 saturated heterocycles. The summed E-state index contributed by atoms with van der Waals surface area (Å²) in [7, 11) is 0. The molecule has 0 bridgehead atoms. The molecule has 1 aromatic heterocycles. The van der Waals surface area contributed by atoms with E-state index in [1.165, 1.54) is 51.4 Å². The topological polar surface area (TPSA) is 46.9 Å². The van der Waals surface area contributed by atoms with Crippen LogP contribution in [0.3, 0.4) is 0 Å². The van der Waals surface area contributed by atoms with Crippen LogP contribution in [0.1, 0.15) is 51.4 Å². The minimum atomic E-state index is -0.0646. The van der Waals surface area contributed by atoms with Crippen LogP contribution in [-0.4, -0.2) is 16.3 Å². The van der Waals surface area contributed by atoms with E-state index in [9.17, 15) is 4.79 Å². The van der Waals surface area contributed by atoms with Crippen LogP contribution in [0.25, 0.3) is 0 Å². The number of anilines is 1. The van der Waals surface area contributed by atoms with Gasteiger partial charge in [0, 0.05) is 13.1 Å². The highest BCUT2D eigenvalue weighted by atomic mass is 35.5. The molecule has 1 N–H and O–H groups in total. The lowest BCUT2D eigenvalue weighted by molar-refractivity contribution is 0.262. The highest BCUT2D eigenvalue weighted by Crippen LogP contribution is 2.28. The monoisotopic (exact) mass is 309 g/mol. The fraction of sp³-hybridized carbons (Fsp3) is 0.750. The van der Waals surface area contributed by atoms with Gasteiger partial charge in [-0.3, -0.25) is 4.79 Å². The van der Waals surface area contributed by atoms with Gasteiger partial charge in [-0.2, -0.15) is 5.10 Å². The van der Waals surface area contributed by atoms with E-state index >= 15 is 0 Å². The van der Waals surface area contributed by atoms with E-state index in [0.717, 1.165) is 13.1 Å². The molecule has 0 unspecified atom stereocenters. The van der Waals surface area contributed by atoms with Crippen LogP contribution in [-0.2, 0) is 6.54 Å². The van der Waals surface area contributed by atoms with Crippen molar-refractivity contribution in [2.75, 3.05) is 11.9 Å². The number of nitrogens with zero attached hydrogens (tertiary/aromatic N) is 2. The normalized spacial score (nSPS) is 20.2. The average molecular weight is 310 g/mol. The second-order valence-corrected chi connectivity index (χ2v) is 6.94. The Morgan fingerprint density at radius 1 is 1.14 bits per heavy atom. The van der Waals surface area contributed by atoms with E-state index in [-0.39, 0.29) is 5.56 Å². The number of rotatable bonds is 5. The van der Waals surface area contributed by atoms with Crippen molar-refractivity contribution in [3.63, 3.8) is 0 Å². The lowest BCUT2D eigenvalue weighted by Gasteiger charge is -2.26. The van der Waals surface area contributed by atoms with Gasteiger partial charge in [-0.15, -0.1) is 0 Å². The molecule has 0 aliphatic heterocycles. The first-order valence-corrected chi connectivity index (χ1v) is 8.61. The van der Waals surface area contributed by atoms with Crippen molar-refractivity contribution >= 4 is 17.3 Å². The van der Waals surface area contributed by atoms with Gasteiger partial charge in [-0.05, 0) is 37.5 Å². The molecule has 2 saturated carbocycles. The molecule has 0 aromatic carbocycles. The maximum absolute atomic E-state index is 12.5. The fourth-order valence-electron chi connectivity index (χ4n) is 3.32. The molecular formula is C16H24ClN3O. The van der Waals surface area contributed by atoms with Crippen LogP contribution in [0.15, 0.2) is 11.0 Å². The van der Waals surface area contributed by atoms with Crippen molar-refractivity contribution < 1.29 is 0 Å². The molecule has 0 spiro atoms. The first kappa shape index (κ1) is 14.9. The highest BCUT2D eigenvalue weighted by Gasteiger charge is 2.21. The van der Waals surface area contributed by atoms with E-state index in [0.29, 0.717) is 22.5 Å². The third-order valence-corrected chi connectivity index (χ3v) is 5.23. The van der Waals surface area contributed by atoms with Crippen LogP contribution < -0.4 is 10.9 Å². The van der Waals surface area contributed by atoms with E-state index in [4.69, 9.17) is 11.6 Å². The second-order valence-electron chi connectivity index (χ2n) is 6.54. The Balaban J connectivity index is 1.67. The number of hydrogen-bond donors (Lipinski definition) is 1. The summed E-state index contributed by atoms with van der Waals surface area (Å²) in [5.41, 5.74) is 0.474. The Morgan fingerprint density at radius 3 is 2.52 bits per heavy atom. The Morgan fingerprint density at radius 2 is 1.86 bits per heavy atom. The summed E-state index contributed by atoms with van der Waals surface area (Å²) in [4.78, 5) is 12.5. The Kier molecular flexibility index (Phi) is 4.84. The molecule has 0 atom stereocenters. The van der Waals surface area contributed by atoms with Gasteiger partial charge in [0.25, 0.3) is 5.56 Å². The zero-order chi connectivity index (χ0) is 14.7. The molecule has 2 aliphatic rings. The lowest BCUT2D eigenvalue weighted by atomic mass is 9.85. The first-order chi connectivity index (χ1) is 10.2. The highest BCUT2D eigenvalue weighted by molar-refractivity contribution is 6.32. The molecule has 0 amide bonds. The smallest absolute Gasteiger partial charge is 0.291 e. The van der Waals surface area contributed by atoms with E-state index in [2.05, 4.69) is 10.4 Å². The molecule has 21 heavy (non-hydrogen) atoms. The standard InChI is InChI=1S/C16H24ClN3O/c17-14-10-19-20(11-13-7-4-8-13)16(21)15(14)18-9-12-5-2-1-3-6-12/h10,12-13,18H,1-9,11H2. The van der Waals surface area contributed by atoms with E-state index < -0.39 is 0 Å². The summed E-state index contributed by atoms with van der Waals surface area (Å²) in [6.45, 7) is 1.58. The largest absolute Gasteiger partial charge is 0.379 e. The van der Waals surface area contributed by atoms with Gasteiger partial charge in [-0.1, -0.05) is 37.3 Å². The summed E-state index contributed by atoms with van der Waals surface area (Å²) in [6, 6.07) is 0. The van der Waals surface area contributed by atoms with E-state index in [1.807, 2.05) is 0 Å². The second kappa shape index (κ2) is 6.82. The predicted molar refractivity (Wildman–Crippen MR) is 85.9 cm³/mol. The minimum Gasteiger partial charge on any atom is -0.379 e. The van der Waals surface area contributed by atoms with Gasteiger partial charge in [0.2, 0.25) is 0 Å². The number of hydrogen-bond acceptors (Lipinski definition) is 3. The summed E-state index contributed by atoms with van der Waals surface area (Å²) >= 11 is 6.17. The third kappa shape index (κ3) is 3.60. The molecule has 0 radical (unpaired) electrons. The molecular weight excluding hydrogens is 286 g/mol. The predicted octanol–water partition coefficient (Wildman–Crippen LogP) is 3.69. The molecule has 1 aromatic rings. The average Bonchev–Trinajstić information content (AvgIpc) is 2.45. The molecule has 2 aliphatic carbocycles. The Hall–Kier alpha value is -1.03. The summed E-state index contributed by atoms with van der Waals surface area (Å²) in [5, 5.41) is 7.93. The fourth-order valence-corrected chi connectivity index (χ4v) is 3.51. The zero-order valence-corrected chi connectivity index (χ0v) is 13.2. The summed E-state index contributed by atoms with van der Waals surface area (Å²) in [5.74, 6) is 1.28. The van der Waals surface area contributed by atoms with Gasteiger partial charge in [-0.25, -0.2) is 4.68 Å². The van der Waals surface area contributed by atoms with Gasteiger partial charge in [0.05, 0.1) is 11.2 Å². The minimum absolute atomic E-state index is 0.0646. The summed E-state index contributed by atoms with van der Waals surface area (Å²) < 4.78 is 1.58. The third-order valence-electron chi connectivity index (χ3n) is 4.95. The Bertz CT molecular complexity index is 533.